The van der Waals surface area contributed by atoms with E-state index < -0.39 is 0 Å². The summed E-state index contributed by atoms with van der Waals surface area (Å²) >= 11 is 5.13. The quantitative estimate of drug-likeness (QED) is 0.520. The van der Waals surface area contributed by atoms with Gasteiger partial charge in [-0.05, 0) is 49.7 Å². The Kier molecular flexibility index (Phi) is 5.64. The first-order chi connectivity index (χ1) is 13.6. The van der Waals surface area contributed by atoms with Crippen LogP contribution in [-0.4, -0.2) is 30.1 Å². The van der Waals surface area contributed by atoms with Crippen molar-refractivity contribution in [2.24, 2.45) is 10.1 Å². The highest BCUT2D eigenvalue weighted by molar-refractivity contribution is 9.10. The van der Waals surface area contributed by atoms with Crippen LogP contribution in [0, 0.1) is 0 Å². The molecule has 0 radical (unpaired) electrons. The number of ether oxygens (including phenoxy) is 2. The topological polar surface area (TPSA) is 48.1 Å². The molecule has 0 atom stereocenters. The lowest BCUT2D eigenvalue weighted by molar-refractivity contribution is 0.171. The molecule has 3 aromatic rings. The Morgan fingerprint density at radius 2 is 1.93 bits per heavy atom. The van der Waals surface area contributed by atoms with Crippen LogP contribution in [0.25, 0.3) is 11.3 Å². The van der Waals surface area contributed by atoms with Crippen molar-refractivity contribution in [3.8, 4) is 22.8 Å². The van der Waals surface area contributed by atoms with E-state index in [9.17, 15) is 0 Å². The van der Waals surface area contributed by atoms with Crippen molar-refractivity contribution in [2.75, 3.05) is 13.2 Å². The molecule has 28 heavy (non-hydrogen) atoms. The SMILES string of the molecule is CC(C)N=c1scc(-c2cccc(Br)c2)n1/N=C/c1ccc2c(c1)OCCO2. The molecular weight excluding hydrogens is 438 g/mol. The van der Waals surface area contributed by atoms with Gasteiger partial charge >= 0.3 is 0 Å². The first kappa shape index (κ1) is 19.0. The smallest absolute Gasteiger partial charge is 0.206 e. The van der Waals surface area contributed by atoms with Gasteiger partial charge in [-0.1, -0.05) is 28.1 Å². The number of nitrogens with zero attached hydrogens (tertiary/aromatic N) is 3. The number of thiazole rings is 1. The molecule has 0 bridgehead atoms. The van der Waals surface area contributed by atoms with Gasteiger partial charge in [0.2, 0.25) is 4.80 Å². The highest BCUT2D eigenvalue weighted by Gasteiger charge is 2.12. The van der Waals surface area contributed by atoms with Crippen molar-refractivity contribution in [3.05, 3.63) is 62.7 Å². The van der Waals surface area contributed by atoms with E-state index in [4.69, 9.17) is 19.6 Å². The molecule has 0 saturated carbocycles. The largest absolute Gasteiger partial charge is 0.486 e. The molecule has 1 aromatic heterocycles. The van der Waals surface area contributed by atoms with Crippen molar-refractivity contribution in [2.45, 2.75) is 19.9 Å². The molecule has 4 rings (SSSR count). The van der Waals surface area contributed by atoms with Gasteiger partial charge in [-0.3, -0.25) is 4.99 Å². The highest BCUT2D eigenvalue weighted by atomic mass is 79.9. The van der Waals surface area contributed by atoms with E-state index in [-0.39, 0.29) is 6.04 Å². The fourth-order valence-corrected chi connectivity index (χ4v) is 4.20. The molecule has 0 spiro atoms. The van der Waals surface area contributed by atoms with Crippen molar-refractivity contribution in [3.63, 3.8) is 0 Å². The average molecular weight is 458 g/mol. The Balaban J connectivity index is 1.75. The van der Waals surface area contributed by atoms with Crippen LogP contribution in [-0.2, 0) is 0 Å². The zero-order valence-corrected chi connectivity index (χ0v) is 18.0. The fraction of sp³-hybridized carbons (Fsp3) is 0.238. The molecule has 0 N–H and O–H groups in total. The predicted molar refractivity (Wildman–Crippen MR) is 117 cm³/mol. The molecule has 0 fully saturated rings. The summed E-state index contributed by atoms with van der Waals surface area (Å²) in [6.07, 6.45) is 1.83. The van der Waals surface area contributed by atoms with E-state index in [1.54, 1.807) is 11.3 Å². The van der Waals surface area contributed by atoms with Crippen molar-refractivity contribution in [1.29, 1.82) is 0 Å². The molecule has 0 amide bonds. The minimum atomic E-state index is 0.185. The van der Waals surface area contributed by atoms with Gasteiger partial charge in [0, 0.05) is 21.5 Å². The first-order valence-corrected chi connectivity index (χ1v) is 10.7. The summed E-state index contributed by atoms with van der Waals surface area (Å²) in [5.41, 5.74) is 3.02. The molecule has 1 aliphatic rings. The van der Waals surface area contributed by atoms with E-state index in [0.717, 1.165) is 37.6 Å². The third-order valence-electron chi connectivity index (χ3n) is 4.06. The number of halogens is 1. The summed E-state index contributed by atoms with van der Waals surface area (Å²) in [7, 11) is 0. The second kappa shape index (κ2) is 8.32. The summed E-state index contributed by atoms with van der Waals surface area (Å²) < 4.78 is 14.2. The van der Waals surface area contributed by atoms with Gasteiger partial charge in [-0.2, -0.15) is 5.10 Å². The molecule has 7 heteroatoms. The second-order valence-electron chi connectivity index (χ2n) is 6.60. The number of benzene rings is 2. The molecule has 0 aliphatic carbocycles. The zero-order chi connectivity index (χ0) is 19.5. The molecular formula is C21H20BrN3O2S. The van der Waals surface area contributed by atoms with Crippen molar-refractivity contribution in [1.82, 2.24) is 4.68 Å². The Labute approximate surface area is 176 Å². The van der Waals surface area contributed by atoms with Gasteiger partial charge in [-0.25, -0.2) is 4.68 Å². The van der Waals surface area contributed by atoms with E-state index >= 15 is 0 Å². The molecule has 2 heterocycles. The lowest BCUT2D eigenvalue weighted by atomic mass is 10.2. The zero-order valence-electron chi connectivity index (χ0n) is 15.6. The fourth-order valence-electron chi connectivity index (χ4n) is 2.83. The normalized spacial score (nSPS) is 14.2. The highest BCUT2D eigenvalue weighted by Crippen LogP contribution is 2.30. The van der Waals surface area contributed by atoms with Crippen LogP contribution < -0.4 is 14.3 Å². The molecule has 1 aliphatic heterocycles. The molecule has 0 unspecified atom stereocenters. The van der Waals surface area contributed by atoms with Crippen molar-refractivity contribution < 1.29 is 9.47 Å². The lowest BCUT2D eigenvalue weighted by Crippen LogP contribution is -2.15. The predicted octanol–water partition coefficient (Wildman–Crippen LogP) is 4.94. The molecule has 2 aromatic carbocycles. The van der Waals surface area contributed by atoms with Gasteiger partial charge in [0.15, 0.2) is 11.5 Å². The second-order valence-corrected chi connectivity index (χ2v) is 8.35. The van der Waals surface area contributed by atoms with Crippen molar-refractivity contribution >= 4 is 33.5 Å². The van der Waals surface area contributed by atoms with Crippen LogP contribution in [0.5, 0.6) is 11.5 Å². The Hall–Kier alpha value is -2.38. The minimum absolute atomic E-state index is 0.185. The van der Waals surface area contributed by atoms with Crippen LogP contribution in [0.4, 0.5) is 0 Å². The van der Waals surface area contributed by atoms with Gasteiger partial charge in [0.05, 0.1) is 11.9 Å². The first-order valence-electron chi connectivity index (χ1n) is 9.04. The van der Waals surface area contributed by atoms with Gasteiger partial charge in [-0.15, -0.1) is 11.3 Å². The average Bonchev–Trinajstić information content (AvgIpc) is 3.08. The van der Waals surface area contributed by atoms with E-state index in [1.165, 1.54) is 0 Å². The van der Waals surface area contributed by atoms with Crippen LogP contribution >= 0.6 is 27.3 Å². The van der Waals surface area contributed by atoms with Gasteiger partial charge in [0.25, 0.3) is 0 Å². The lowest BCUT2D eigenvalue weighted by Gasteiger charge is -2.18. The van der Waals surface area contributed by atoms with Crippen LogP contribution in [0.2, 0.25) is 0 Å². The third-order valence-corrected chi connectivity index (χ3v) is 5.39. The number of hydrogen-bond donors (Lipinski definition) is 0. The van der Waals surface area contributed by atoms with Gasteiger partial charge in [0.1, 0.15) is 13.2 Å². The standard InChI is InChI=1S/C21H20BrN3O2S/c1-14(2)24-21-25(18(13-28-21)16-4-3-5-17(22)11-16)23-12-15-6-7-19-20(10-15)27-9-8-26-19/h3-7,10-14H,8-9H2,1-2H3/b23-12+,24-21?. The summed E-state index contributed by atoms with van der Waals surface area (Å²) in [5.74, 6) is 1.53. The monoisotopic (exact) mass is 457 g/mol. The number of hydrogen-bond acceptors (Lipinski definition) is 5. The van der Waals surface area contributed by atoms with Crippen LogP contribution in [0.15, 0.2) is 62.4 Å². The maximum Gasteiger partial charge on any atom is 0.206 e. The van der Waals surface area contributed by atoms with Crippen LogP contribution in [0.3, 0.4) is 0 Å². The number of aromatic nitrogens is 1. The molecule has 0 saturated heterocycles. The Bertz CT molecular complexity index is 1090. The Morgan fingerprint density at radius 3 is 2.71 bits per heavy atom. The minimum Gasteiger partial charge on any atom is -0.486 e. The van der Waals surface area contributed by atoms with E-state index in [0.29, 0.717) is 13.2 Å². The maximum absolute atomic E-state index is 5.67. The molecule has 5 nitrogen and oxygen atoms in total. The summed E-state index contributed by atoms with van der Waals surface area (Å²) in [6, 6.07) is 14.2. The maximum atomic E-state index is 5.67. The number of rotatable bonds is 4. The Morgan fingerprint density at radius 1 is 1.11 bits per heavy atom. The van der Waals surface area contributed by atoms with E-state index in [2.05, 4.69) is 47.3 Å². The van der Waals surface area contributed by atoms with Crippen LogP contribution in [0.1, 0.15) is 19.4 Å². The van der Waals surface area contributed by atoms with E-state index in [1.807, 2.05) is 41.2 Å². The summed E-state index contributed by atoms with van der Waals surface area (Å²) in [5, 5.41) is 6.83. The number of fused-ring (bicyclic) bond motifs is 1. The third kappa shape index (κ3) is 4.20. The summed E-state index contributed by atoms with van der Waals surface area (Å²) in [6.45, 7) is 5.28. The summed E-state index contributed by atoms with van der Waals surface area (Å²) in [4.78, 5) is 5.58. The molecule has 144 valence electrons. The van der Waals surface area contributed by atoms with Gasteiger partial charge < -0.3 is 9.47 Å².